The van der Waals surface area contributed by atoms with Gasteiger partial charge in [-0.15, -0.1) is 0 Å². The molecule has 0 aromatic heterocycles. The molecule has 7 nitrogen and oxygen atoms in total. The fourth-order valence-electron chi connectivity index (χ4n) is 3.79. The van der Waals surface area contributed by atoms with E-state index in [0.717, 1.165) is 45.0 Å². The molecule has 0 aromatic rings. The number of nitrogens with one attached hydrogen (secondary N) is 2. The normalized spacial score (nSPS) is 23.7. The van der Waals surface area contributed by atoms with Gasteiger partial charge in [0.25, 0.3) is 0 Å². The Morgan fingerprint density at radius 2 is 1.93 bits per heavy atom. The minimum Gasteiger partial charge on any atom is -0.357 e. The van der Waals surface area contributed by atoms with Crippen molar-refractivity contribution in [2.24, 2.45) is 16.8 Å². The second kappa shape index (κ2) is 10.5. The van der Waals surface area contributed by atoms with Crippen LogP contribution in [0.25, 0.3) is 0 Å². The molecule has 2 aliphatic heterocycles. The van der Waals surface area contributed by atoms with Crippen molar-refractivity contribution in [1.82, 2.24) is 20.4 Å². The summed E-state index contributed by atoms with van der Waals surface area (Å²) in [6.07, 6.45) is 3.70. The van der Waals surface area contributed by atoms with Gasteiger partial charge in [-0.1, -0.05) is 20.8 Å². The van der Waals surface area contributed by atoms with E-state index in [2.05, 4.69) is 22.5 Å². The number of piperidine rings is 1. The first-order valence-electron chi connectivity index (χ1n) is 10.5. The van der Waals surface area contributed by atoms with Crippen LogP contribution in [0.15, 0.2) is 4.99 Å². The summed E-state index contributed by atoms with van der Waals surface area (Å²) in [4.78, 5) is 33.0. The first kappa shape index (κ1) is 21.5. The molecule has 2 fully saturated rings. The lowest BCUT2D eigenvalue weighted by molar-refractivity contribution is -0.133. The molecule has 2 unspecified atom stereocenters. The maximum absolute atomic E-state index is 12.4. The molecule has 0 aromatic carbocycles. The Hall–Kier alpha value is -1.79. The molecule has 0 saturated carbocycles. The predicted octanol–water partition coefficient (Wildman–Crippen LogP) is 1.45. The Morgan fingerprint density at radius 1 is 1.15 bits per heavy atom. The van der Waals surface area contributed by atoms with Crippen LogP contribution in [0.4, 0.5) is 0 Å². The Bertz CT molecular complexity index is 534. The minimum absolute atomic E-state index is 0.0363. The molecule has 2 aliphatic rings. The van der Waals surface area contributed by atoms with Crippen molar-refractivity contribution in [3.8, 4) is 0 Å². The predicted molar refractivity (Wildman–Crippen MR) is 109 cm³/mol. The number of rotatable bonds is 6. The van der Waals surface area contributed by atoms with E-state index in [1.165, 1.54) is 6.42 Å². The van der Waals surface area contributed by atoms with Crippen molar-refractivity contribution in [2.45, 2.75) is 59.4 Å². The van der Waals surface area contributed by atoms with Crippen molar-refractivity contribution in [3.63, 3.8) is 0 Å². The molecule has 0 aliphatic carbocycles. The number of hydrogen-bond acceptors (Lipinski definition) is 3. The average Bonchev–Trinajstić information content (AvgIpc) is 3.09. The maximum atomic E-state index is 12.4. The summed E-state index contributed by atoms with van der Waals surface area (Å²) < 4.78 is 0. The van der Waals surface area contributed by atoms with E-state index in [9.17, 15) is 9.59 Å². The lowest BCUT2D eigenvalue weighted by Crippen LogP contribution is -2.45. The summed E-state index contributed by atoms with van der Waals surface area (Å²) in [6.45, 7) is 12.6. The lowest BCUT2D eigenvalue weighted by Gasteiger charge is -2.30. The van der Waals surface area contributed by atoms with Gasteiger partial charge in [-0.25, -0.2) is 0 Å². The Labute approximate surface area is 163 Å². The van der Waals surface area contributed by atoms with Crippen LogP contribution in [-0.2, 0) is 9.59 Å². The number of amides is 2. The van der Waals surface area contributed by atoms with Crippen LogP contribution in [0.2, 0.25) is 0 Å². The molecular formula is C20H37N5O2. The van der Waals surface area contributed by atoms with Crippen LogP contribution in [0.5, 0.6) is 0 Å². The van der Waals surface area contributed by atoms with E-state index < -0.39 is 0 Å². The lowest BCUT2D eigenvalue weighted by atomic mass is 10.00. The van der Waals surface area contributed by atoms with E-state index in [-0.39, 0.29) is 23.8 Å². The molecule has 2 N–H and O–H groups in total. The second-order valence-corrected chi connectivity index (χ2v) is 8.17. The first-order chi connectivity index (χ1) is 12.9. The largest absolute Gasteiger partial charge is 0.357 e. The molecule has 2 amide bonds. The van der Waals surface area contributed by atoms with Gasteiger partial charge in [0.05, 0.1) is 6.54 Å². The van der Waals surface area contributed by atoms with Crippen molar-refractivity contribution in [2.75, 3.05) is 39.3 Å². The first-order valence-corrected chi connectivity index (χ1v) is 10.5. The van der Waals surface area contributed by atoms with E-state index in [1.54, 1.807) is 0 Å². The van der Waals surface area contributed by atoms with Crippen molar-refractivity contribution in [1.29, 1.82) is 0 Å². The standard InChI is InChI=1S/C20H37N5O2/c1-5-21-20(23-17-9-12-25(14-17)19(27)15(2)3)22-10-8-18(26)24-11-6-7-16(4)13-24/h15-17H,5-14H2,1-4H3,(H2,21,22,23). The Balaban J connectivity index is 1.80. The van der Waals surface area contributed by atoms with Crippen LogP contribution in [-0.4, -0.2) is 72.9 Å². The molecule has 0 bridgehead atoms. The molecule has 2 heterocycles. The second-order valence-electron chi connectivity index (χ2n) is 8.17. The SMILES string of the molecule is CCNC(=NCCC(=O)N1CCCC(C)C1)NC1CCN(C(=O)C(C)C)C1. The zero-order valence-electron chi connectivity index (χ0n) is 17.5. The summed E-state index contributed by atoms with van der Waals surface area (Å²) in [5.74, 6) is 1.79. The van der Waals surface area contributed by atoms with Crippen LogP contribution in [0.1, 0.15) is 53.4 Å². The molecular weight excluding hydrogens is 342 g/mol. The third kappa shape index (κ3) is 6.70. The van der Waals surface area contributed by atoms with Crippen molar-refractivity contribution >= 4 is 17.8 Å². The van der Waals surface area contributed by atoms with Gasteiger partial charge >= 0.3 is 0 Å². The maximum Gasteiger partial charge on any atom is 0.225 e. The molecule has 7 heteroatoms. The van der Waals surface area contributed by atoms with E-state index in [1.807, 2.05) is 30.6 Å². The Kier molecular flexibility index (Phi) is 8.38. The number of guanidine groups is 1. The minimum atomic E-state index is 0.0363. The van der Waals surface area contributed by atoms with Gasteiger partial charge in [0.2, 0.25) is 11.8 Å². The van der Waals surface area contributed by atoms with Gasteiger partial charge in [-0.2, -0.15) is 0 Å². The summed E-state index contributed by atoms with van der Waals surface area (Å²) in [6, 6.07) is 0.212. The van der Waals surface area contributed by atoms with E-state index in [4.69, 9.17) is 0 Å². The van der Waals surface area contributed by atoms with E-state index >= 15 is 0 Å². The summed E-state index contributed by atoms with van der Waals surface area (Å²) in [7, 11) is 0. The smallest absolute Gasteiger partial charge is 0.225 e. The van der Waals surface area contributed by atoms with Gasteiger partial charge in [-0.3, -0.25) is 14.6 Å². The Morgan fingerprint density at radius 3 is 2.59 bits per heavy atom. The highest BCUT2D eigenvalue weighted by atomic mass is 16.2. The van der Waals surface area contributed by atoms with Crippen LogP contribution in [0, 0.1) is 11.8 Å². The quantitative estimate of drug-likeness (QED) is 0.541. The third-order valence-electron chi connectivity index (χ3n) is 5.28. The molecule has 0 spiro atoms. The number of carbonyl (C=O) groups excluding carboxylic acids is 2. The fourth-order valence-corrected chi connectivity index (χ4v) is 3.79. The molecule has 0 radical (unpaired) electrons. The zero-order chi connectivity index (χ0) is 19.8. The highest BCUT2D eigenvalue weighted by Crippen LogP contribution is 2.16. The highest BCUT2D eigenvalue weighted by Gasteiger charge is 2.28. The molecule has 2 atom stereocenters. The van der Waals surface area contributed by atoms with Gasteiger partial charge in [0.15, 0.2) is 5.96 Å². The van der Waals surface area contributed by atoms with Gasteiger partial charge in [-0.05, 0) is 32.1 Å². The molecule has 27 heavy (non-hydrogen) atoms. The van der Waals surface area contributed by atoms with Crippen LogP contribution >= 0.6 is 0 Å². The number of likely N-dealkylation sites (tertiary alicyclic amines) is 2. The topological polar surface area (TPSA) is 77.0 Å². The summed E-state index contributed by atoms with van der Waals surface area (Å²) in [5.41, 5.74) is 0. The van der Waals surface area contributed by atoms with Crippen molar-refractivity contribution in [3.05, 3.63) is 0 Å². The average molecular weight is 380 g/mol. The number of nitrogens with zero attached hydrogens (tertiary/aromatic N) is 3. The highest BCUT2D eigenvalue weighted by molar-refractivity contribution is 5.82. The fraction of sp³-hybridized carbons (Fsp3) is 0.850. The summed E-state index contributed by atoms with van der Waals surface area (Å²) in [5, 5.41) is 6.67. The molecule has 154 valence electrons. The van der Waals surface area contributed by atoms with Gasteiger partial charge < -0.3 is 20.4 Å². The van der Waals surface area contributed by atoms with Gasteiger partial charge in [0.1, 0.15) is 0 Å². The zero-order valence-corrected chi connectivity index (χ0v) is 17.5. The monoisotopic (exact) mass is 379 g/mol. The summed E-state index contributed by atoms with van der Waals surface area (Å²) >= 11 is 0. The number of carbonyl (C=O) groups is 2. The van der Waals surface area contributed by atoms with Gasteiger partial charge in [0, 0.05) is 51.1 Å². The third-order valence-corrected chi connectivity index (χ3v) is 5.28. The molecule has 2 saturated heterocycles. The number of hydrogen-bond donors (Lipinski definition) is 2. The van der Waals surface area contributed by atoms with Crippen LogP contribution in [0.3, 0.4) is 0 Å². The van der Waals surface area contributed by atoms with Crippen LogP contribution < -0.4 is 10.6 Å². The molecule has 2 rings (SSSR count). The van der Waals surface area contributed by atoms with Crippen molar-refractivity contribution < 1.29 is 9.59 Å². The number of aliphatic imine (C=N–C) groups is 1. The van der Waals surface area contributed by atoms with E-state index in [0.29, 0.717) is 25.4 Å².